The van der Waals surface area contributed by atoms with E-state index in [1.54, 1.807) is 30.3 Å². The third-order valence-corrected chi connectivity index (χ3v) is 3.60. The second-order valence-corrected chi connectivity index (χ2v) is 5.51. The zero-order valence-electron chi connectivity index (χ0n) is 11.5. The van der Waals surface area contributed by atoms with Gasteiger partial charge in [-0.15, -0.1) is 0 Å². The van der Waals surface area contributed by atoms with Crippen molar-refractivity contribution < 1.29 is 19.1 Å². The lowest BCUT2D eigenvalue weighted by atomic mass is 10.2. The summed E-state index contributed by atoms with van der Waals surface area (Å²) in [4.78, 5) is 34.3. The first kappa shape index (κ1) is 15.3. The molecule has 0 bridgehead atoms. The van der Waals surface area contributed by atoms with Crippen LogP contribution in [0.25, 0.3) is 6.08 Å². The summed E-state index contributed by atoms with van der Waals surface area (Å²) >= 11 is 0.869. The van der Waals surface area contributed by atoms with E-state index in [9.17, 15) is 14.4 Å². The fourth-order valence-corrected chi connectivity index (χ4v) is 2.39. The van der Waals surface area contributed by atoms with Crippen LogP contribution >= 0.6 is 11.8 Å². The normalized spacial score (nSPS) is 16.1. The predicted molar refractivity (Wildman–Crippen MR) is 80.7 cm³/mol. The maximum absolute atomic E-state index is 11.5. The molecule has 0 radical (unpaired) electrons. The van der Waals surface area contributed by atoms with Crippen LogP contribution in [0.1, 0.15) is 31.7 Å². The monoisotopic (exact) mass is 305 g/mol. The molecule has 0 saturated carbocycles. The van der Waals surface area contributed by atoms with Crippen LogP contribution in [-0.2, 0) is 9.59 Å². The van der Waals surface area contributed by atoms with Crippen LogP contribution in [0.4, 0.5) is 4.79 Å². The minimum atomic E-state index is -0.389. The zero-order valence-corrected chi connectivity index (χ0v) is 12.4. The smallest absolute Gasteiger partial charge is 0.311 e. The highest BCUT2D eigenvalue weighted by atomic mass is 32.2. The number of esters is 1. The van der Waals surface area contributed by atoms with Gasteiger partial charge in [-0.1, -0.05) is 25.5 Å². The van der Waals surface area contributed by atoms with Gasteiger partial charge in [-0.05, 0) is 42.0 Å². The maximum Gasteiger partial charge on any atom is 0.311 e. The number of amides is 2. The van der Waals surface area contributed by atoms with Crippen molar-refractivity contribution in [2.24, 2.45) is 0 Å². The van der Waals surface area contributed by atoms with Gasteiger partial charge in [0.2, 0.25) is 0 Å². The van der Waals surface area contributed by atoms with Crippen molar-refractivity contribution in [3.05, 3.63) is 34.7 Å². The van der Waals surface area contributed by atoms with Gasteiger partial charge in [0.1, 0.15) is 5.75 Å². The Bertz CT molecular complexity index is 592. The number of hydrogen-bond acceptors (Lipinski definition) is 5. The molecule has 1 fully saturated rings. The van der Waals surface area contributed by atoms with Gasteiger partial charge in [-0.25, -0.2) is 0 Å². The first-order valence-electron chi connectivity index (χ1n) is 6.64. The summed E-state index contributed by atoms with van der Waals surface area (Å²) in [5.74, 6) is -0.169. The molecule has 0 atom stereocenters. The highest BCUT2D eigenvalue weighted by Crippen LogP contribution is 2.26. The van der Waals surface area contributed by atoms with Crippen LogP contribution in [0.15, 0.2) is 29.2 Å². The Morgan fingerprint density at radius 2 is 2.00 bits per heavy atom. The van der Waals surface area contributed by atoms with Crippen molar-refractivity contribution in [1.29, 1.82) is 0 Å². The molecule has 1 saturated heterocycles. The fraction of sp³-hybridized carbons (Fsp3) is 0.267. The quantitative estimate of drug-likeness (QED) is 0.514. The molecule has 1 N–H and O–H groups in total. The van der Waals surface area contributed by atoms with Crippen molar-refractivity contribution in [3.8, 4) is 5.75 Å². The lowest BCUT2D eigenvalue weighted by Gasteiger charge is -2.04. The Kier molecular flexibility index (Phi) is 5.16. The molecule has 0 aliphatic carbocycles. The van der Waals surface area contributed by atoms with E-state index >= 15 is 0 Å². The Morgan fingerprint density at radius 1 is 1.29 bits per heavy atom. The minimum Gasteiger partial charge on any atom is -0.427 e. The van der Waals surface area contributed by atoms with Crippen LogP contribution in [-0.4, -0.2) is 17.1 Å². The second-order valence-electron chi connectivity index (χ2n) is 4.50. The van der Waals surface area contributed by atoms with Gasteiger partial charge in [-0.3, -0.25) is 19.7 Å². The molecule has 2 amide bonds. The van der Waals surface area contributed by atoms with E-state index < -0.39 is 0 Å². The van der Waals surface area contributed by atoms with E-state index in [2.05, 4.69) is 5.32 Å². The summed E-state index contributed by atoms with van der Waals surface area (Å²) in [6.07, 6.45) is 3.78. The summed E-state index contributed by atoms with van der Waals surface area (Å²) in [7, 11) is 0. The van der Waals surface area contributed by atoms with E-state index in [0.29, 0.717) is 17.1 Å². The number of nitrogens with one attached hydrogen (secondary N) is 1. The molecule has 0 aromatic heterocycles. The average molecular weight is 305 g/mol. The summed E-state index contributed by atoms with van der Waals surface area (Å²) < 4.78 is 5.18. The fourth-order valence-electron chi connectivity index (χ4n) is 1.71. The summed E-state index contributed by atoms with van der Waals surface area (Å²) in [6, 6.07) is 6.78. The molecule has 1 aromatic rings. The molecule has 1 aliphatic heterocycles. The molecule has 0 spiro atoms. The Hall–Kier alpha value is -2.08. The number of carbonyl (C=O) groups excluding carboxylic acids is 3. The average Bonchev–Trinajstić information content (AvgIpc) is 2.77. The Balaban J connectivity index is 1.99. The van der Waals surface area contributed by atoms with Crippen LogP contribution in [0.3, 0.4) is 0 Å². The Labute approximate surface area is 126 Å². The maximum atomic E-state index is 11.5. The lowest BCUT2D eigenvalue weighted by molar-refractivity contribution is -0.134. The summed E-state index contributed by atoms with van der Waals surface area (Å²) in [5, 5.41) is 1.82. The van der Waals surface area contributed by atoms with Gasteiger partial charge in [0.25, 0.3) is 11.1 Å². The number of carbonyl (C=O) groups is 3. The molecule has 2 rings (SSSR count). The largest absolute Gasteiger partial charge is 0.427 e. The van der Waals surface area contributed by atoms with Gasteiger partial charge >= 0.3 is 5.97 Å². The summed E-state index contributed by atoms with van der Waals surface area (Å²) in [6.45, 7) is 2.01. The van der Waals surface area contributed by atoms with Gasteiger partial charge in [0.05, 0.1) is 4.91 Å². The number of imide groups is 1. The number of thioether (sulfide) groups is 1. The van der Waals surface area contributed by atoms with Crippen LogP contribution in [0.2, 0.25) is 0 Å². The minimum absolute atomic E-state index is 0.251. The van der Waals surface area contributed by atoms with E-state index in [1.165, 1.54) is 0 Å². The van der Waals surface area contributed by atoms with Gasteiger partial charge in [0.15, 0.2) is 0 Å². The lowest BCUT2D eigenvalue weighted by Crippen LogP contribution is -2.17. The van der Waals surface area contributed by atoms with Crippen LogP contribution in [0, 0.1) is 0 Å². The van der Waals surface area contributed by atoms with Crippen molar-refractivity contribution in [1.82, 2.24) is 5.32 Å². The predicted octanol–water partition coefficient (Wildman–Crippen LogP) is 3.11. The number of hydrogen-bond donors (Lipinski definition) is 1. The molecule has 5 nitrogen and oxygen atoms in total. The SMILES string of the molecule is CCCCC(=O)Oc1ccc(/C=C2\SC(=O)NC2=O)cc1. The molecule has 110 valence electrons. The van der Waals surface area contributed by atoms with E-state index in [1.807, 2.05) is 6.92 Å². The zero-order chi connectivity index (χ0) is 15.2. The number of benzene rings is 1. The molecule has 1 aromatic carbocycles. The number of rotatable bonds is 5. The van der Waals surface area contributed by atoms with Crippen LogP contribution < -0.4 is 10.1 Å². The summed E-state index contributed by atoms with van der Waals surface area (Å²) in [5.41, 5.74) is 0.760. The second kappa shape index (κ2) is 7.08. The molecule has 0 unspecified atom stereocenters. The topological polar surface area (TPSA) is 72.5 Å². The third kappa shape index (κ3) is 4.46. The highest BCUT2D eigenvalue weighted by molar-refractivity contribution is 8.18. The standard InChI is InChI=1S/C15H15NO4S/c1-2-3-4-13(17)20-11-7-5-10(6-8-11)9-12-14(18)16-15(19)21-12/h5-9H,2-4H2,1H3,(H,16,18,19)/b12-9-. The van der Waals surface area contributed by atoms with Crippen LogP contribution in [0.5, 0.6) is 5.75 Å². The van der Waals surface area contributed by atoms with Crippen molar-refractivity contribution >= 4 is 35.0 Å². The molecule has 1 heterocycles. The van der Waals surface area contributed by atoms with Crippen molar-refractivity contribution in [3.63, 3.8) is 0 Å². The molecule has 21 heavy (non-hydrogen) atoms. The number of unbranched alkanes of at least 4 members (excludes halogenated alkanes) is 1. The molecule has 6 heteroatoms. The van der Waals surface area contributed by atoms with Crippen molar-refractivity contribution in [2.45, 2.75) is 26.2 Å². The van der Waals surface area contributed by atoms with E-state index in [4.69, 9.17) is 4.74 Å². The molecule has 1 aliphatic rings. The number of ether oxygens (including phenoxy) is 1. The van der Waals surface area contributed by atoms with E-state index in [0.717, 1.165) is 30.2 Å². The van der Waals surface area contributed by atoms with E-state index in [-0.39, 0.29) is 17.1 Å². The highest BCUT2D eigenvalue weighted by Gasteiger charge is 2.24. The molecular formula is C15H15NO4S. The van der Waals surface area contributed by atoms with Crippen molar-refractivity contribution in [2.75, 3.05) is 0 Å². The Morgan fingerprint density at radius 3 is 2.57 bits per heavy atom. The first-order chi connectivity index (χ1) is 10.1. The third-order valence-electron chi connectivity index (χ3n) is 2.79. The van der Waals surface area contributed by atoms with Gasteiger partial charge < -0.3 is 4.74 Å². The van der Waals surface area contributed by atoms with Gasteiger partial charge in [0, 0.05) is 6.42 Å². The first-order valence-corrected chi connectivity index (χ1v) is 7.45. The molecular weight excluding hydrogens is 290 g/mol. The van der Waals surface area contributed by atoms with Gasteiger partial charge in [-0.2, -0.15) is 0 Å².